The highest BCUT2D eigenvalue weighted by Gasteiger charge is 2.24. The zero-order valence-corrected chi connectivity index (χ0v) is 16.1. The van der Waals surface area contributed by atoms with Gasteiger partial charge < -0.3 is 19.9 Å². The van der Waals surface area contributed by atoms with Gasteiger partial charge in [-0.2, -0.15) is 0 Å². The second kappa shape index (κ2) is 9.12. The standard InChI is InChI=1S/C19H24N6O3/c1-3-28-19(27)25-10-8-24(9-11-25)18-22-14(2)12-16(23-18)17(26)21-13-15-4-6-20-7-5-15/h4-7,12H,3,8-11,13H2,1-2H3,(H,21,26). The first kappa shape index (κ1) is 19.5. The number of carbonyl (C=O) groups excluding carboxylic acids is 2. The monoisotopic (exact) mass is 384 g/mol. The molecule has 0 saturated carbocycles. The van der Waals surface area contributed by atoms with Crippen LogP contribution in [0.1, 0.15) is 28.7 Å². The molecule has 3 rings (SSSR count). The topological polar surface area (TPSA) is 101 Å². The highest BCUT2D eigenvalue weighted by Crippen LogP contribution is 2.14. The summed E-state index contributed by atoms with van der Waals surface area (Å²) in [6.07, 6.45) is 3.07. The molecule has 9 nitrogen and oxygen atoms in total. The molecule has 0 aliphatic carbocycles. The minimum atomic E-state index is -0.302. The van der Waals surface area contributed by atoms with Gasteiger partial charge in [-0.05, 0) is 37.6 Å². The van der Waals surface area contributed by atoms with Crippen molar-refractivity contribution < 1.29 is 14.3 Å². The van der Waals surface area contributed by atoms with Crippen molar-refractivity contribution in [1.82, 2.24) is 25.2 Å². The molecular formula is C19H24N6O3. The van der Waals surface area contributed by atoms with Crippen LogP contribution in [0.3, 0.4) is 0 Å². The molecule has 0 radical (unpaired) electrons. The highest BCUT2D eigenvalue weighted by molar-refractivity contribution is 5.92. The lowest BCUT2D eigenvalue weighted by Crippen LogP contribution is -2.49. The van der Waals surface area contributed by atoms with E-state index in [9.17, 15) is 9.59 Å². The van der Waals surface area contributed by atoms with Crippen LogP contribution in [-0.2, 0) is 11.3 Å². The molecule has 0 aromatic carbocycles. The second-order valence-electron chi connectivity index (χ2n) is 6.41. The maximum Gasteiger partial charge on any atom is 0.409 e. The largest absolute Gasteiger partial charge is 0.450 e. The third-order valence-corrected chi connectivity index (χ3v) is 4.37. The number of nitrogens with zero attached hydrogens (tertiary/aromatic N) is 5. The van der Waals surface area contributed by atoms with Crippen LogP contribution < -0.4 is 10.2 Å². The number of anilines is 1. The van der Waals surface area contributed by atoms with Crippen molar-refractivity contribution in [2.45, 2.75) is 20.4 Å². The van der Waals surface area contributed by atoms with Crippen LogP contribution in [0.15, 0.2) is 30.6 Å². The first-order valence-electron chi connectivity index (χ1n) is 9.26. The molecule has 9 heteroatoms. The third-order valence-electron chi connectivity index (χ3n) is 4.37. The van der Waals surface area contributed by atoms with E-state index in [1.165, 1.54) is 0 Å². The zero-order chi connectivity index (χ0) is 19.9. The number of pyridine rings is 1. The van der Waals surface area contributed by atoms with Gasteiger partial charge in [0, 0.05) is 50.8 Å². The second-order valence-corrected chi connectivity index (χ2v) is 6.41. The fraction of sp³-hybridized carbons (Fsp3) is 0.421. The number of aromatic nitrogens is 3. The Bertz CT molecular complexity index is 822. The average molecular weight is 384 g/mol. The van der Waals surface area contributed by atoms with Gasteiger partial charge in [0.2, 0.25) is 5.95 Å². The highest BCUT2D eigenvalue weighted by atomic mass is 16.6. The van der Waals surface area contributed by atoms with Crippen LogP contribution in [0.25, 0.3) is 0 Å². The molecule has 0 spiro atoms. The molecule has 2 aromatic rings. The summed E-state index contributed by atoms with van der Waals surface area (Å²) in [5.74, 6) is 0.242. The van der Waals surface area contributed by atoms with E-state index in [-0.39, 0.29) is 12.0 Å². The Morgan fingerprint density at radius 2 is 1.86 bits per heavy atom. The molecular weight excluding hydrogens is 360 g/mol. The number of rotatable bonds is 5. The molecule has 0 unspecified atom stereocenters. The van der Waals surface area contributed by atoms with Gasteiger partial charge in [-0.1, -0.05) is 0 Å². The first-order valence-corrected chi connectivity index (χ1v) is 9.26. The Kier molecular flexibility index (Phi) is 6.36. The summed E-state index contributed by atoms with van der Waals surface area (Å²) < 4.78 is 5.04. The molecule has 1 aliphatic rings. The van der Waals surface area contributed by atoms with E-state index >= 15 is 0 Å². The summed E-state index contributed by atoms with van der Waals surface area (Å²) in [6.45, 7) is 6.60. The Morgan fingerprint density at radius 1 is 1.14 bits per heavy atom. The average Bonchev–Trinajstić information content (AvgIpc) is 2.72. The van der Waals surface area contributed by atoms with E-state index < -0.39 is 0 Å². The van der Waals surface area contributed by atoms with Gasteiger partial charge in [0.05, 0.1) is 6.61 Å². The molecule has 2 aromatic heterocycles. The number of aryl methyl sites for hydroxylation is 1. The predicted octanol–water partition coefficient (Wildman–Crippen LogP) is 1.39. The Balaban J connectivity index is 1.63. The summed E-state index contributed by atoms with van der Waals surface area (Å²) in [6, 6.07) is 5.36. The van der Waals surface area contributed by atoms with Crippen molar-refractivity contribution in [3.63, 3.8) is 0 Å². The van der Waals surface area contributed by atoms with E-state index in [1.54, 1.807) is 30.3 Å². The lowest BCUT2D eigenvalue weighted by Gasteiger charge is -2.34. The Morgan fingerprint density at radius 3 is 2.54 bits per heavy atom. The maximum absolute atomic E-state index is 12.5. The third kappa shape index (κ3) is 4.93. The minimum Gasteiger partial charge on any atom is -0.450 e. The van der Waals surface area contributed by atoms with E-state index in [2.05, 4.69) is 20.3 Å². The normalized spacial score (nSPS) is 13.9. The van der Waals surface area contributed by atoms with E-state index in [4.69, 9.17) is 4.74 Å². The van der Waals surface area contributed by atoms with Crippen molar-refractivity contribution >= 4 is 17.9 Å². The molecule has 1 N–H and O–H groups in total. The van der Waals surface area contributed by atoms with Crippen LogP contribution in [0, 0.1) is 6.92 Å². The summed E-state index contributed by atoms with van der Waals surface area (Å²) in [4.78, 5) is 40.8. The van der Waals surface area contributed by atoms with E-state index in [0.29, 0.717) is 56.7 Å². The number of carbonyl (C=O) groups is 2. The van der Waals surface area contributed by atoms with Crippen LogP contribution in [0.4, 0.5) is 10.7 Å². The fourth-order valence-corrected chi connectivity index (χ4v) is 2.89. The molecule has 2 amide bonds. The van der Waals surface area contributed by atoms with Crippen molar-refractivity contribution in [3.05, 3.63) is 47.5 Å². The zero-order valence-electron chi connectivity index (χ0n) is 16.1. The quantitative estimate of drug-likeness (QED) is 0.831. The predicted molar refractivity (Wildman–Crippen MR) is 103 cm³/mol. The van der Waals surface area contributed by atoms with Crippen LogP contribution in [-0.4, -0.2) is 64.6 Å². The summed E-state index contributed by atoms with van der Waals surface area (Å²) in [5.41, 5.74) is 2.00. The van der Waals surface area contributed by atoms with Crippen LogP contribution in [0.2, 0.25) is 0 Å². The smallest absolute Gasteiger partial charge is 0.409 e. The van der Waals surface area contributed by atoms with E-state index in [1.807, 2.05) is 24.0 Å². The molecule has 0 atom stereocenters. The Hall–Kier alpha value is -3.23. The van der Waals surface area contributed by atoms with Gasteiger partial charge in [0.15, 0.2) is 0 Å². The molecule has 1 saturated heterocycles. The van der Waals surface area contributed by atoms with Gasteiger partial charge in [0.25, 0.3) is 5.91 Å². The van der Waals surface area contributed by atoms with Gasteiger partial charge in [-0.25, -0.2) is 14.8 Å². The number of amides is 2. The molecule has 1 fully saturated rings. The molecule has 28 heavy (non-hydrogen) atoms. The van der Waals surface area contributed by atoms with E-state index in [0.717, 1.165) is 5.56 Å². The number of hydrogen-bond acceptors (Lipinski definition) is 7. The molecule has 3 heterocycles. The SMILES string of the molecule is CCOC(=O)N1CCN(c2nc(C)cc(C(=O)NCc3ccncc3)n2)CC1. The van der Waals surface area contributed by atoms with Gasteiger partial charge >= 0.3 is 6.09 Å². The summed E-state index contributed by atoms with van der Waals surface area (Å²) in [5, 5.41) is 2.86. The van der Waals surface area contributed by atoms with Crippen molar-refractivity contribution in [2.24, 2.45) is 0 Å². The van der Waals surface area contributed by atoms with Crippen LogP contribution >= 0.6 is 0 Å². The Labute approximate surface area is 163 Å². The van der Waals surface area contributed by atoms with Crippen molar-refractivity contribution in [3.8, 4) is 0 Å². The van der Waals surface area contributed by atoms with Gasteiger partial charge in [0.1, 0.15) is 5.69 Å². The maximum atomic E-state index is 12.5. The number of nitrogens with one attached hydrogen (secondary N) is 1. The fourth-order valence-electron chi connectivity index (χ4n) is 2.89. The molecule has 1 aliphatic heterocycles. The summed E-state index contributed by atoms with van der Waals surface area (Å²) >= 11 is 0. The first-order chi connectivity index (χ1) is 13.6. The minimum absolute atomic E-state index is 0.256. The summed E-state index contributed by atoms with van der Waals surface area (Å²) in [7, 11) is 0. The number of hydrogen-bond donors (Lipinski definition) is 1. The number of ether oxygens (including phenoxy) is 1. The lowest BCUT2D eigenvalue weighted by molar-refractivity contribution is 0.0945. The number of piperazine rings is 1. The molecule has 0 bridgehead atoms. The van der Waals surface area contributed by atoms with Gasteiger partial charge in [-0.15, -0.1) is 0 Å². The van der Waals surface area contributed by atoms with Gasteiger partial charge in [-0.3, -0.25) is 9.78 Å². The lowest BCUT2D eigenvalue weighted by atomic mass is 10.2. The van der Waals surface area contributed by atoms with Crippen molar-refractivity contribution in [1.29, 1.82) is 0 Å². The van der Waals surface area contributed by atoms with Crippen LogP contribution in [0.5, 0.6) is 0 Å². The van der Waals surface area contributed by atoms with Crippen molar-refractivity contribution in [2.75, 3.05) is 37.7 Å². The molecule has 148 valence electrons.